The van der Waals surface area contributed by atoms with Crippen LogP contribution in [-0.2, 0) is 4.79 Å². The molecule has 0 bridgehead atoms. The van der Waals surface area contributed by atoms with Crippen molar-refractivity contribution in [2.45, 2.75) is 32.6 Å². The van der Waals surface area contributed by atoms with Gasteiger partial charge in [-0.3, -0.25) is 9.59 Å². The molecule has 25 heavy (non-hydrogen) atoms. The van der Waals surface area contributed by atoms with Gasteiger partial charge < -0.3 is 14.4 Å². The molecule has 0 saturated carbocycles. The topological polar surface area (TPSA) is 80.2 Å². The number of hydrogen-bond acceptors (Lipinski definition) is 5. The molecular formula is C18H25N3O4. The van der Waals surface area contributed by atoms with E-state index in [1.54, 1.807) is 25.1 Å². The molecule has 0 radical (unpaired) electrons. The molecule has 1 aliphatic heterocycles. The Morgan fingerprint density at radius 1 is 1.12 bits per heavy atom. The number of benzene rings is 1. The number of nitrogens with one attached hydrogen (secondary N) is 1. The molecule has 0 spiro atoms. The van der Waals surface area contributed by atoms with Crippen molar-refractivity contribution in [1.82, 2.24) is 10.3 Å². The fourth-order valence-electron chi connectivity index (χ4n) is 2.70. The lowest BCUT2D eigenvalue weighted by Gasteiger charge is -2.26. The van der Waals surface area contributed by atoms with Crippen molar-refractivity contribution in [3.63, 3.8) is 0 Å². The fraction of sp³-hybridized carbons (Fsp3) is 0.500. The van der Waals surface area contributed by atoms with E-state index in [1.165, 1.54) is 20.6 Å². The average molecular weight is 347 g/mol. The molecule has 1 N–H and O–H groups in total. The number of methoxy groups -OCH3 is 2. The van der Waals surface area contributed by atoms with Gasteiger partial charge in [0.15, 0.2) is 11.5 Å². The van der Waals surface area contributed by atoms with Gasteiger partial charge in [0.05, 0.1) is 20.6 Å². The molecule has 1 fully saturated rings. The van der Waals surface area contributed by atoms with Gasteiger partial charge in [-0.1, -0.05) is 0 Å². The number of hydrazone groups is 1. The van der Waals surface area contributed by atoms with E-state index < -0.39 is 0 Å². The third-order valence-corrected chi connectivity index (χ3v) is 4.11. The van der Waals surface area contributed by atoms with Crippen LogP contribution in [0.4, 0.5) is 0 Å². The standard InChI is InChI=1S/C18H25N3O4/c1-13(11-17(22)21-9-5-4-6-10-21)19-20-18(23)14-7-8-15(24-2)16(12-14)25-3/h7-8,12H,4-6,9-11H2,1-3H3,(H,20,23)/b19-13+. The molecule has 1 aliphatic rings. The first-order chi connectivity index (χ1) is 12.0. The van der Waals surface area contributed by atoms with Gasteiger partial charge in [-0.25, -0.2) is 5.43 Å². The van der Waals surface area contributed by atoms with Crippen LogP contribution >= 0.6 is 0 Å². The van der Waals surface area contributed by atoms with Crippen LogP contribution in [0.3, 0.4) is 0 Å². The predicted octanol–water partition coefficient (Wildman–Crippen LogP) is 2.21. The molecule has 2 amide bonds. The number of likely N-dealkylation sites (tertiary alicyclic amines) is 1. The minimum atomic E-state index is -0.370. The van der Waals surface area contributed by atoms with Gasteiger partial charge in [0, 0.05) is 24.4 Å². The summed E-state index contributed by atoms with van der Waals surface area (Å²) < 4.78 is 10.3. The highest BCUT2D eigenvalue weighted by molar-refractivity contribution is 6.01. The van der Waals surface area contributed by atoms with E-state index in [-0.39, 0.29) is 18.2 Å². The van der Waals surface area contributed by atoms with Crippen molar-refractivity contribution in [1.29, 1.82) is 0 Å². The zero-order valence-corrected chi connectivity index (χ0v) is 15.0. The van der Waals surface area contributed by atoms with Gasteiger partial charge in [0.25, 0.3) is 5.91 Å². The Morgan fingerprint density at radius 3 is 2.44 bits per heavy atom. The molecule has 7 nitrogen and oxygen atoms in total. The summed E-state index contributed by atoms with van der Waals surface area (Å²) in [4.78, 5) is 26.2. The first-order valence-electron chi connectivity index (χ1n) is 8.38. The Bertz CT molecular complexity index is 652. The number of carbonyl (C=O) groups excluding carboxylic acids is 2. The molecule has 2 rings (SSSR count). The summed E-state index contributed by atoms with van der Waals surface area (Å²) in [5, 5.41) is 4.03. The number of rotatable bonds is 6. The van der Waals surface area contributed by atoms with Crippen LogP contribution in [0.25, 0.3) is 0 Å². The summed E-state index contributed by atoms with van der Waals surface area (Å²) in [7, 11) is 3.04. The van der Waals surface area contributed by atoms with Crippen molar-refractivity contribution in [2.24, 2.45) is 5.10 Å². The maximum absolute atomic E-state index is 12.2. The van der Waals surface area contributed by atoms with Gasteiger partial charge in [0.2, 0.25) is 5.91 Å². The van der Waals surface area contributed by atoms with E-state index in [2.05, 4.69) is 10.5 Å². The van der Waals surface area contributed by atoms with E-state index in [0.717, 1.165) is 25.9 Å². The minimum absolute atomic E-state index is 0.0568. The first-order valence-corrected chi connectivity index (χ1v) is 8.38. The normalized spacial score (nSPS) is 14.8. The van der Waals surface area contributed by atoms with Crippen LogP contribution in [0.15, 0.2) is 23.3 Å². The molecule has 7 heteroatoms. The maximum Gasteiger partial charge on any atom is 0.271 e. The highest BCUT2D eigenvalue weighted by Crippen LogP contribution is 2.27. The van der Waals surface area contributed by atoms with E-state index >= 15 is 0 Å². The Kier molecular flexibility index (Phi) is 6.80. The molecule has 1 aromatic rings. The molecular weight excluding hydrogens is 322 g/mol. The lowest BCUT2D eigenvalue weighted by atomic mass is 10.1. The van der Waals surface area contributed by atoms with Gasteiger partial charge >= 0.3 is 0 Å². The van der Waals surface area contributed by atoms with Crippen LogP contribution in [0.5, 0.6) is 11.5 Å². The van der Waals surface area contributed by atoms with Crippen molar-refractivity contribution in [3.05, 3.63) is 23.8 Å². The van der Waals surface area contributed by atoms with Crippen LogP contribution < -0.4 is 14.9 Å². The third kappa shape index (κ3) is 5.20. The van der Waals surface area contributed by atoms with Crippen LogP contribution in [0.2, 0.25) is 0 Å². The van der Waals surface area contributed by atoms with Crippen LogP contribution in [-0.4, -0.2) is 49.7 Å². The van der Waals surface area contributed by atoms with E-state index in [0.29, 0.717) is 22.8 Å². The smallest absolute Gasteiger partial charge is 0.271 e. The molecule has 1 heterocycles. The zero-order valence-electron chi connectivity index (χ0n) is 15.0. The van der Waals surface area contributed by atoms with Crippen molar-refractivity contribution in [2.75, 3.05) is 27.3 Å². The van der Waals surface area contributed by atoms with Gasteiger partial charge in [-0.15, -0.1) is 0 Å². The lowest BCUT2D eigenvalue weighted by Crippen LogP contribution is -2.36. The predicted molar refractivity (Wildman–Crippen MR) is 95.2 cm³/mol. The Hall–Kier alpha value is -2.57. The highest BCUT2D eigenvalue weighted by Gasteiger charge is 2.17. The second-order valence-electron chi connectivity index (χ2n) is 5.98. The fourth-order valence-corrected chi connectivity index (χ4v) is 2.70. The van der Waals surface area contributed by atoms with Gasteiger partial charge in [0.1, 0.15) is 0 Å². The summed E-state index contributed by atoms with van der Waals surface area (Å²) >= 11 is 0. The number of amides is 2. The number of nitrogens with zero attached hydrogens (tertiary/aromatic N) is 2. The second-order valence-corrected chi connectivity index (χ2v) is 5.98. The summed E-state index contributed by atoms with van der Waals surface area (Å²) in [6.07, 6.45) is 3.50. The summed E-state index contributed by atoms with van der Waals surface area (Å²) in [6.45, 7) is 3.35. The van der Waals surface area contributed by atoms with Gasteiger partial charge in [-0.2, -0.15) is 5.10 Å². The SMILES string of the molecule is COc1ccc(C(=O)N/N=C(\C)CC(=O)N2CCCCC2)cc1OC. The molecule has 0 atom stereocenters. The number of ether oxygens (including phenoxy) is 2. The lowest BCUT2D eigenvalue weighted by molar-refractivity contribution is -0.130. The summed E-state index contributed by atoms with van der Waals surface area (Å²) in [5.41, 5.74) is 3.45. The van der Waals surface area contributed by atoms with Crippen LogP contribution in [0, 0.1) is 0 Å². The molecule has 0 unspecified atom stereocenters. The van der Waals surface area contributed by atoms with E-state index in [1.807, 2.05) is 4.90 Å². The molecule has 1 aromatic carbocycles. The Balaban J connectivity index is 1.93. The summed E-state index contributed by atoms with van der Waals surface area (Å²) in [6, 6.07) is 4.86. The second kappa shape index (κ2) is 9.05. The zero-order chi connectivity index (χ0) is 18.2. The largest absolute Gasteiger partial charge is 0.493 e. The average Bonchev–Trinajstić information content (AvgIpc) is 2.66. The molecule has 0 aliphatic carbocycles. The molecule has 136 valence electrons. The monoisotopic (exact) mass is 347 g/mol. The van der Waals surface area contributed by atoms with Crippen LogP contribution in [0.1, 0.15) is 43.0 Å². The third-order valence-electron chi connectivity index (χ3n) is 4.11. The Morgan fingerprint density at radius 2 is 1.80 bits per heavy atom. The minimum Gasteiger partial charge on any atom is -0.493 e. The number of piperidine rings is 1. The molecule has 0 aromatic heterocycles. The maximum atomic E-state index is 12.2. The summed E-state index contributed by atoms with van der Waals surface area (Å²) in [5.74, 6) is 0.703. The van der Waals surface area contributed by atoms with Crippen molar-refractivity contribution >= 4 is 17.5 Å². The van der Waals surface area contributed by atoms with Crippen molar-refractivity contribution < 1.29 is 19.1 Å². The van der Waals surface area contributed by atoms with Crippen molar-refractivity contribution in [3.8, 4) is 11.5 Å². The highest BCUT2D eigenvalue weighted by atomic mass is 16.5. The first kappa shape index (κ1) is 18.8. The number of carbonyl (C=O) groups is 2. The van der Waals surface area contributed by atoms with E-state index in [4.69, 9.17) is 9.47 Å². The molecule has 1 saturated heterocycles. The number of hydrogen-bond donors (Lipinski definition) is 1. The Labute approximate surface area is 148 Å². The quantitative estimate of drug-likeness (QED) is 0.632. The van der Waals surface area contributed by atoms with E-state index in [9.17, 15) is 9.59 Å². The van der Waals surface area contributed by atoms with Gasteiger partial charge in [-0.05, 0) is 44.4 Å².